The topological polar surface area (TPSA) is 84.0 Å². The van der Waals surface area contributed by atoms with Gasteiger partial charge in [-0.05, 0) is 13.0 Å². The van der Waals surface area contributed by atoms with Crippen molar-refractivity contribution in [2.45, 2.75) is 19.4 Å². The molecule has 4 rings (SSSR count). The first-order valence-corrected chi connectivity index (χ1v) is 8.55. The Labute approximate surface area is 151 Å². The number of hydrogen-bond acceptors (Lipinski definition) is 5. The van der Waals surface area contributed by atoms with Gasteiger partial charge in [-0.1, -0.05) is 30.3 Å². The molecule has 1 N–H and O–H groups in total. The number of H-pyrrole nitrogens is 1. The number of nitrogens with zero attached hydrogens (tertiary/aromatic N) is 4. The van der Waals surface area contributed by atoms with Gasteiger partial charge in [0.1, 0.15) is 17.6 Å². The Morgan fingerprint density at radius 2 is 2.12 bits per heavy atom. The molecule has 0 saturated carbocycles. The van der Waals surface area contributed by atoms with Crippen molar-refractivity contribution < 1.29 is 9.53 Å². The molecule has 1 aromatic carbocycles. The predicted octanol–water partition coefficient (Wildman–Crippen LogP) is 2.47. The molecule has 3 heterocycles. The highest BCUT2D eigenvalue weighted by molar-refractivity contribution is 5.93. The summed E-state index contributed by atoms with van der Waals surface area (Å²) in [5.74, 6) is 1.15. The number of carbonyl (C=O) groups excluding carboxylic acids is 1. The van der Waals surface area contributed by atoms with E-state index in [0.717, 1.165) is 17.7 Å². The molecule has 1 aliphatic rings. The Balaban J connectivity index is 1.41. The van der Waals surface area contributed by atoms with Crippen molar-refractivity contribution in [3.8, 4) is 17.1 Å². The van der Waals surface area contributed by atoms with E-state index in [1.807, 2.05) is 37.3 Å². The first kappa shape index (κ1) is 16.3. The second kappa shape index (κ2) is 6.95. The van der Waals surface area contributed by atoms with Crippen molar-refractivity contribution in [3.05, 3.63) is 60.2 Å². The van der Waals surface area contributed by atoms with Gasteiger partial charge in [0, 0.05) is 30.8 Å². The van der Waals surface area contributed by atoms with Crippen molar-refractivity contribution in [3.63, 3.8) is 0 Å². The zero-order chi connectivity index (χ0) is 17.9. The summed E-state index contributed by atoms with van der Waals surface area (Å²) in [6.07, 6.45) is 2.38. The molecule has 132 valence electrons. The summed E-state index contributed by atoms with van der Waals surface area (Å²) in [5, 5.41) is 7.10. The monoisotopic (exact) mass is 349 g/mol. The highest BCUT2D eigenvalue weighted by atomic mass is 16.5. The summed E-state index contributed by atoms with van der Waals surface area (Å²) in [4.78, 5) is 22.8. The van der Waals surface area contributed by atoms with Crippen molar-refractivity contribution in [2.75, 3.05) is 13.1 Å². The predicted molar refractivity (Wildman–Crippen MR) is 95.7 cm³/mol. The maximum atomic E-state index is 12.7. The number of benzene rings is 1. The zero-order valence-corrected chi connectivity index (χ0v) is 14.4. The van der Waals surface area contributed by atoms with E-state index in [2.05, 4.69) is 20.2 Å². The SMILES string of the molecule is Cc1nccc(O[C@H]2CCN(C(=O)c3cc(-c4ccccc4)n[nH]3)C2)n1. The van der Waals surface area contributed by atoms with Gasteiger partial charge in [0.25, 0.3) is 5.91 Å². The van der Waals surface area contributed by atoms with E-state index in [-0.39, 0.29) is 12.0 Å². The third-order valence-corrected chi connectivity index (χ3v) is 4.35. The number of likely N-dealkylation sites (tertiary alicyclic amines) is 1. The van der Waals surface area contributed by atoms with Crippen LogP contribution in [0.5, 0.6) is 5.88 Å². The van der Waals surface area contributed by atoms with E-state index in [1.54, 1.807) is 23.2 Å². The maximum absolute atomic E-state index is 12.7. The van der Waals surface area contributed by atoms with Crippen LogP contribution in [-0.4, -0.2) is 50.2 Å². The molecule has 1 atom stereocenters. The van der Waals surface area contributed by atoms with Crippen LogP contribution in [-0.2, 0) is 0 Å². The minimum Gasteiger partial charge on any atom is -0.472 e. The lowest BCUT2D eigenvalue weighted by atomic mass is 10.1. The van der Waals surface area contributed by atoms with E-state index in [9.17, 15) is 4.79 Å². The third kappa shape index (κ3) is 3.42. The van der Waals surface area contributed by atoms with Crippen molar-refractivity contribution in [1.82, 2.24) is 25.1 Å². The van der Waals surface area contributed by atoms with Gasteiger partial charge < -0.3 is 9.64 Å². The average Bonchev–Trinajstić information content (AvgIpc) is 3.32. The molecule has 1 saturated heterocycles. The minimum atomic E-state index is -0.0651. The number of amides is 1. The molecule has 1 amide bonds. The molecule has 0 bridgehead atoms. The fraction of sp³-hybridized carbons (Fsp3) is 0.263. The molecule has 0 spiro atoms. The quantitative estimate of drug-likeness (QED) is 0.782. The molecular weight excluding hydrogens is 330 g/mol. The van der Waals surface area contributed by atoms with Crippen LogP contribution in [0.1, 0.15) is 22.7 Å². The van der Waals surface area contributed by atoms with E-state index in [4.69, 9.17) is 4.74 Å². The lowest BCUT2D eigenvalue weighted by molar-refractivity contribution is 0.0765. The number of aromatic nitrogens is 4. The number of nitrogens with one attached hydrogen (secondary N) is 1. The highest BCUT2D eigenvalue weighted by Gasteiger charge is 2.29. The maximum Gasteiger partial charge on any atom is 0.272 e. The van der Waals surface area contributed by atoms with Crippen LogP contribution in [0, 0.1) is 6.92 Å². The number of carbonyl (C=O) groups is 1. The third-order valence-electron chi connectivity index (χ3n) is 4.35. The molecule has 1 aliphatic heterocycles. The Bertz CT molecular complexity index is 909. The van der Waals surface area contributed by atoms with Crippen LogP contribution in [0.25, 0.3) is 11.3 Å². The fourth-order valence-corrected chi connectivity index (χ4v) is 3.04. The van der Waals surface area contributed by atoms with E-state index < -0.39 is 0 Å². The second-order valence-electron chi connectivity index (χ2n) is 6.25. The average molecular weight is 349 g/mol. The van der Waals surface area contributed by atoms with Crippen molar-refractivity contribution in [1.29, 1.82) is 0 Å². The first-order chi connectivity index (χ1) is 12.7. The Kier molecular flexibility index (Phi) is 4.35. The zero-order valence-electron chi connectivity index (χ0n) is 14.4. The summed E-state index contributed by atoms with van der Waals surface area (Å²) in [5.41, 5.74) is 2.23. The summed E-state index contributed by atoms with van der Waals surface area (Å²) in [7, 11) is 0. The van der Waals surface area contributed by atoms with Gasteiger partial charge in [-0.2, -0.15) is 10.1 Å². The van der Waals surface area contributed by atoms with Crippen LogP contribution >= 0.6 is 0 Å². The van der Waals surface area contributed by atoms with Crippen molar-refractivity contribution in [2.24, 2.45) is 0 Å². The van der Waals surface area contributed by atoms with Crippen LogP contribution < -0.4 is 4.74 Å². The normalized spacial score (nSPS) is 16.7. The standard InChI is InChI=1S/C19H19N5O2/c1-13-20-9-7-18(21-13)26-15-8-10-24(12-15)19(25)17-11-16(22-23-17)14-5-3-2-4-6-14/h2-7,9,11,15H,8,10,12H2,1H3,(H,22,23)/t15-/m0/s1. The smallest absolute Gasteiger partial charge is 0.272 e. The van der Waals surface area contributed by atoms with Crippen LogP contribution in [0.15, 0.2) is 48.7 Å². The van der Waals surface area contributed by atoms with Crippen molar-refractivity contribution >= 4 is 5.91 Å². The molecule has 1 fully saturated rings. The lowest BCUT2D eigenvalue weighted by Gasteiger charge is -2.16. The van der Waals surface area contributed by atoms with Gasteiger partial charge in [-0.25, -0.2) is 4.98 Å². The summed E-state index contributed by atoms with van der Waals surface area (Å²) in [6.45, 7) is 2.99. The minimum absolute atomic E-state index is 0.0650. The van der Waals surface area contributed by atoms with Gasteiger partial charge >= 0.3 is 0 Å². The Hall–Kier alpha value is -3.22. The van der Waals surface area contributed by atoms with Crippen LogP contribution in [0.4, 0.5) is 0 Å². The molecular formula is C19H19N5O2. The summed E-state index contributed by atoms with van der Waals surface area (Å²) >= 11 is 0. The van der Waals surface area contributed by atoms with E-state index in [1.165, 1.54) is 0 Å². The molecule has 7 nitrogen and oxygen atoms in total. The largest absolute Gasteiger partial charge is 0.472 e. The number of aryl methyl sites for hydroxylation is 1. The molecule has 7 heteroatoms. The molecule has 0 unspecified atom stereocenters. The van der Waals surface area contributed by atoms with Gasteiger partial charge in [0.2, 0.25) is 5.88 Å². The van der Waals surface area contributed by atoms with Crippen LogP contribution in [0.3, 0.4) is 0 Å². The van der Waals surface area contributed by atoms with Gasteiger partial charge in [-0.3, -0.25) is 9.89 Å². The number of aromatic amines is 1. The molecule has 2 aromatic heterocycles. The van der Waals surface area contributed by atoms with Gasteiger partial charge in [0.15, 0.2) is 0 Å². The number of ether oxygens (including phenoxy) is 1. The Morgan fingerprint density at radius 3 is 2.92 bits per heavy atom. The summed E-state index contributed by atoms with van der Waals surface area (Å²) in [6, 6.07) is 13.3. The lowest BCUT2D eigenvalue weighted by Crippen LogP contribution is -2.31. The fourth-order valence-electron chi connectivity index (χ4n) is 3.04. The highest BCUT2D eigenvalue weighted by Crippen LogP contribution is 2.21. The number of rotatable bonds is 4. The second-order valence-corrected chi connectivity index (χ2v) is 6.25. The number of hydrogen-bond donors (Lipinski definition) is 1. The summed E-state index contributed by atoms with van der Waals surface area (Å²) < 4.78 is 5.88. The van der Waals surface area contributed by atoms with E-state index in [0.29, 0.717) is 30.5 Å². The molecule has 0 aliphatic carbocycles. The van der Waals surface area contributed by atoms with E-state index >= 15 is 0 Å². The molecule has 3 aromatic rings. The van der Waals surface area contributed by atoms with Crippen LogP contribution in [0.2, 0.25) is 0 Å². The molecule has 0 radical (unpaired) electrons. The van der Waals surface area contributed by atoms with Gasteiger partial charge in [-0.15, -0.1) is 0 Å². The van der Waals surface area contributed by atoms with Gasteiger partial charge in [0.05, 0.1) is 12.2 Å². The first-order valence-electron chi connectivity index (χ1n) is 8.55. The molecule has 26 heavy (non-hydrogen) atoms. The Morgan fingerprint density at radius 1 is 1.27 bits per heavy atom.